The molecule has 1 amide bonds. The highest BCUT2D eigenvalue weighted by atomic mass is 35.5. The van der Waals surface area contributed by atoms with Gasteiger partial charge in [-0.3, -0.25) is 9.69 Å². The van der Waals surface area contributed by atoms with E-state index < -0.39 is 0 Å². The van der Waals surface area contributed by atoms with Crippen molar-refractivity contribution in [1.82, 2.24) is 19.4 Å². The van der Waals surface area contributed by atoms with E-state index in [0.29, 0.717) is 5.91 Å². The molecule has 2 aliphatic heterocycles. The summed E-state index contributed by atoms with van der Waals surface area (Å²) in [4.78, 5) is 25.6. The van der Waals surface area contributed by atoms with Gasteiger partial charge in [0.25, 0.3) is 0 Å². The van der Waals surface area contributed by atoms with Crippen molar-refractivity contribution in [1.29, 1.82) is 0 Å². The van der Waals surface area contributed by atoms with Gasteiger partial charge in [-0.15, -0.1) is 0 Å². The Labute approximate surface area is 242 Å². The first-order valence-corrected chi connectivity index (χ1v) is 14.8. The Balaban J connectivity index is 1.11. The molecular formula is C33H38ClN5O. The monoisotopic (exact) mass is 555 g/mol. The van der Waals surface area contributed by atoms with Crippen LogP contribution in [0, 0.1) is 19.8 Å². The van der Waals surface area contributed by atoms with Crippen LogP contribution >= 0.6 is 11.6 Å². The lowest BCUT2D eigenvalue weighted by Crippen LogP contribution is -2.52. The molecule has 0 spiro atoms. The number of anilines is 1. The minimum absolute atomic E-state index is 0.0519. The molecule has 2 aliphatic rings. The molecule has 0 radical (unpaired) electrons. The van der Waals surface area contributed by atoms with Gasteiger partial charge >= 0.3 is 0 Å². The summed E-state index contributed by atoms with van der Waals surface area (Å²) in [6.45, 7) is 10.9. The second kappa shape index (κ2) is 11.6. The Morgan fingerprint density at radius 2 is 1.68 bits per heavy atom. The number of rotatable bonds is 6. The summed E-state index contributed by atoms with van der Waals surface area (Å²) in [7, 11) is 0. The zero-order chi connectivity index (χ0) is 27.6. The van der Waals surface area contributed by atoms with Gasteiger partial charge in [-0.05, 0) is 86.3 Å². The molecule has 0 bridgehead atoms. The first-order chi connectivity index (χ1) is 19.4. The number of amides is 1. The zero-order valence-corrected chi connectivity index (χ0v) is 24.3. The number of benzene rings is 3. The van der Waals surface area contributed by atoms with Crippen LogP contribution in [-0.4, -0.2) is 64.5 Å². The van der Waals surface area contributed by atoms with Gasteiger partial charge < -0.3 is 14.4 Å². The Hall–Kier alpha value is -3.35. The van der Waals surface area contributed by atoms with Crippen molar-refractivity contribution in [3.63, 3.8) is 0 Å². The van der Waals surface area contributed by atoms with Crippen molar-refractivity contribution in [2.75, 3.05) is 44.2 Å². The molecule has 40 heavy (non-hydrogen) atoms. The molecule has 0 aliphatic carbocycles. The number of hydrogen-bond acceptors (Lipinski definition) is 4. The molecule has 0 N–H and O–H groups in total. The molecule has 1 atom stereocenters. The lowest BCUT2D eigenvalue weighted by Gasteiger charge is -2.39. The van der Waals surface area contributed by atoms with Gasteiger partial charge in [0, 0.05) is 50.0 Å². The van der Waals surface area contributed by atoms with Gasteiger partial charge in [0.05, 0.1) is 23.5 Å². The third kappa shape index (κ3) is 5.74. The van der Waals surface area contributed by atoms with Gasteiger partial charge in [-0.2, -0.15) is 0 Å². The number of aromatic nitrogens is 2. The highest BCUT2D eigenvalue weighted by molar-refractivity contribution is 6.30. The molecule has 4 aromatic rings. The zero-order valence-electron chi connectivity index (χ0n) is 23.5. The maximum atomic E-state index is 13.6. The van der Waals surface area contributed by atoms with Crippen molar-refractivity contribution in [3.05, 3.63) is 94.3 Å². The summed E-state index contributed by atoms with van der Waals surface area (Å²) >= 11 is 6.13. The van der Waals surface area contributed by atoms with E-state index in [2.05, 4.69) is 81.6 Å². The number of likely N-dealkylation sites (tertiary alicyclic amines) is 1. The maximum absolute atomic E-state index is 13.6. The largest absolute Gasteiger partial charge is 0.368 e. The molecule has 208 valence electrons. The quantitative estimate of drug-likeness (QED) is 0.296. The van der Waals surface area contributed by atoms with E-state index in [1.807, 2.05) is 18.2 Å². The second-order valence-electron chi connectivity index (χ2n) is 11.4. The normalized spacial score (nSPS) is 18.4. The summed E-state index contributed by atoms with van der Waals surface area (Å²) in [6, 6.07) is 23.1. The lowest BCUT2D eigenvalue weighted by molar-refractivity contribution is -0.137. The van der Waals surface area contributed by atoms with E-state index in [1.54, 1.807) is 0 Å². The summed E-state index contributed by atoms with van der Waals surface area (Å²) in [5.41, 5.74) is 7.25. The van der Waals surface area contributed by atoms with Crippen molar-refractivity contribution < 1.29 is 4.79 Å². The highest BCUT2D eigenvalue weighted by Crippen LogP contribution is 2.26. The van der Waals surface area contributed by atoms with Gasteiger partial charge in [0.2, 0.25) is 5.91 Å². The van der Waals surface area contributed by atoms with Gasteiger partial charge in [-0.1, -0.05) is 41.9 Å². The molecule has 0 saturated carbocycles. The third-order valence-electron chi connectivity index (χ3n) is 8.65. The van der Waals surface area contributed by atoms with Crippen molar-refractivity contribution in [3.8, 4) is 0 Å². The Kier molecular flexibility index (Phi) is 7.81. The standard InChI is InChI=1S/C33H38ClN5O/c1-24-9-14-29(20-25(24)2)37-16-18-38(19-17-37)33(40)27-6-5-15-36(22-27)23-32-35-30-7-3-4-8-31(30)39(32)21-26-10-12-28(34)13-11-26/h3-4,7-14,20,27H,5-6,15-19,21-23H2,1-2H3/t27-/m0/s1. The molecule has 6 nitrogen and oxygen atoms in total. The molecular weight excluding hydrogens is 518 g/mol. The predicted molar refractivity (Wildman–Crippen MR) is 163 cm³/mol. The van der Waals surface area contributed by atoms with Gasteiger partial charge in [0.1, 0.15) is 5.82 Å². The van der Waals surface area contributed by atoms with E-state index in [0.717, 1.165) is 87.1 Å². The molecule has 0 unspecified atom stereocenters. The van der Waals surface area contributed by atoms with Crippen LogP contribution in [0.25, 0.3) is 11.0 Å². The number of piperidine rings is 1. The van der Waals surface area contributed by atoms with Gasteiger partial charge in [0.15, 0.2) is 0 Å². The molecule has 1 aromatic heterocycles. The summed E-state index contributed by atoms with van der Waals surface area (Å²) in [5, 5.41) is 0.746. The van der Waals surface area contributed by atoms with Crippen LogP contribution in [0.4, 0.5) is 5.69 Å². The number of hydrogen-bond donors (Lipinski definition) is 0. The maximum Gasteiger partial charge on any atom is 0.227 e. The number of fused-ring (bicyclic) bond motifs is 1. The second-order valence-corrected chi connectivity index (χ2v) is 11.8. The van der Waals surface area contributed by atoms with Gasteiger partial charge in [-0.25, -0.2) is 4.98 Å². The number of para-hydroxylation sites is 2. The minimum Gasteiger partial charge on any atom is -0.368 e. The molecule has 2 fully saturated rings. The van der Waals surface area contributed by atoms with Crippen LogP contribution < -0.4 is 4.90 Å². The fourth-order valence-corrected chi connectivity index (χ4v) is 6.29. The smallest absolute Gasteiger partial charge is 0.227 e. The van der Waals surface area contributed by atoms with Crippen LogP contribution in [0.5, 0.6) is 0 Å². The van der Waals surface area contributed by atoms with Crippen LogP contribution in [0.1, 0.15) is 35.4 Å². The summed E-state index contributed by atoms with van der Waals surface area (Å²) in [5.74, 6) is 1.42. The molecule has 7 heteroatoms. The van der Waals surface area contributed by atoms with Crippen molar-refractivity contribution in [2.24, 2.45) is 5.92 Å². The average molecular weight is 556 g/mol. The number of aryl methyl sites for hydroxylation is 2. The number of carbonyl (C=O) groups is 1. The molecule has 3 aromatic carbocycles. The lowest BCUT2D eigenvalue weighted by atomic mass is 9.96. The van der Waals surface area contributed by atoms with E-state index in [1.165, 1.54) is 22.4 Å². The van der Waals surface area contributed by atoms with Crippen LogP contribution in [0.2, 0.25) is 5.02 Å². The fraction of sp³-hybridized carbons (Fsp3) is 0.394. The SMILES string of the molecule is Cc1ccc(N2CCN(C(=O)[C@H]3CCCN(Cc4nc5ccccc5n4Cc4ccc(Cl)cc4)C3)CC2)cc1C. The summed E-state index contributed by atoms with van der Waals surface area (Å²) in [6.07, 6.45) is 2.00. The molecule has 2 saturated heterocycles. The van der Waals surface area contributed by atoms with Crippen LogP contribution in [-0.2, 0) is 17.9 Å². The number of halogens is 1. The Morgan fingerprint density at radius 3 is 2.45 bits per heavy atom. The first-order valence-electron chi connectivity index (χ1n) is 14.5. The minimum atomic E-state index is 0.0519. The van der Waals surface area contributed by atoms with Crippen molar-refractivity contribution in [2.45, 2.75) is 39.8 Å². The topological polar surface area (TPSA) is 44.6 Å². The fourth-order valence-electron chi connectivity index (χ4n) is 6.16. The first kappa shape index (κ1) is 26.9. The highest BCUT2D eigenvalue weighted by Gasteiger charge is 2.31. The number of imidazole rings is 1. The Morgan fingerprint density at radius 1 is 0.900 bits per heavy atom. The number of carbonyl (C=O) groups excluding carboxylic acids is 1. The van der Waals surface area contributed by atoms with Crippen molar-refractivity contribution >= 4 is 34.2 Å². The van der Waals surface area contributed by atoms with E-state index >= 15 is 0 Å². The van der Waals surface area contributed by atoms with E-state index in [9.17, 15) is 4.79 Å². The average Bonchev–Trinajstić information content (AvgIpc) is 3.32. The van der Waals surface area contributed by atoms with E-state index in [-0.39, 0.29) is 5.92 Å². The number of piperazine rings is 1. The Bertz CT molecular complexity index is 1490. The van der Waals surface area contributed by atoms with Crippen LogP contribution in [0.15, 0.2) is 66.7 Å². The third-order valence-corrected chi connectivity index (χ3v) is 8.91. The molecule has 3 heterocycles. The van der Waals surface area contributed by atoms with Crippen LogP contribution in [0.3, 0.4) is 0 Å². The number of nitrogens with zero attached hydrogens (tertiary/aromatic N) is 5. The summed E-state index contributed by atoms with van der Waals surface area (Å²) < 4.78 is 2.32. The molecule has 6 rings (SSSR count). The van der Waals surface area contributed by atoms with E-state index in [4.69, 9.17) is 16.6 Å². The predicted octanol–water partition coefficient (Wildman–Crippen LogP) is 5.92.